The molecule has 7 nitrogen and oxygen atoms in total. The maximum atomic E-state index is 12.7. The van der Waals surface area contributed by atoms with Crippen molar-refractivity contribution in [2.75, 3.05) is 23.3 Å². The van der Waals surface area contributed by atoms with E-state index < -0.39 is 10.0 Å². The van der Waals surface area contributed by atoms with Crippen molar-refractivity contribution >= 4 is 27.4 Å². The molecule has 1 aromatic carbocycles. The molecule has 28 heavy (non-hydrogen) atoms. The summed E-state index contributed by atoms with van der Waals surface area (Å²) in [7, 11) is -3.61. The van der Waals surface area contributed by atoms with Crippen molar-refractivity contribution in [3.05, 3.63) is 47.7 Å². The second-order valence-electron chi connectivity index (χ2n) is 7.43. The number of nitrogens with zero attached hydrogens (tertiary/aromatic N) is 2. The normalized spacial score (nSPS) is 17.0. The van der Waals surface area contributed by atoms with E-state index in [9.17, 15) is 13.2 Å². The van der Waals surface area contributed by atoms with Crippen molar-refractivity contribution in [2.24, 2.45) is 0 Å². The van der Waals surface area contributed by atoms with Crippen LogP contribution in [0.4, 0.5) is 11.5 Å². The maximum absolute atomic E-state index is 12.7. The minimum Gasteiger partial charge on any atom is -0.357 e. The van der Waals surface area contributed by atoms with E-state index in [0.717, 1.165) is 31.7 Å². The first-order valence-corrected chi connectivity index (χ1v) is 11.1. The van der Waals surface area contributed by atoms with Gasteiger partial charge in [-0.1, -0.05) is 6.07 Å². The van der Waals surface area contributed by atoms with E-state index in [4.69, 9.17) is 0 Å². The van der Waals surface area contributed by atoms with Gasteiger partial charge in [0.05, 0.1) is 16.8 Å². The molecule has 2 aliphatic rings. The number of aromatic nitrogens is 1. The Balaban J connectivity index is 1.50. The fraction of sp³-hybridized carbons (Fsp3) is 0.400. The van der Waals surface area contributed by atoms with Crippen molar-refractivity contribution in [3.8, 4) is 0 Å². The van der Waals surface area contributed by atoms with Crippen LogP contribution in [-0.4, -0.2) is 38.4 Å². The Labute approximate surface area is 165 Å². The zero-order chi connectivity index (χ0) is 19.7. The molecule has 1 aliphatic carbocycles. The largest absolute Gasteiger partial charge is 0.357 e. The van der Waals surface area contributed by atoms with E-state index in [-0.39, 0.29) is 16.8 Å². The molecule has 148 valence electrons. The summed E-state index contributed by atoms with van der Waals surface area (Å²) in [6.45, 7) is 3.80. The fourth-order valence-corrected chi connectivity index (χ4v) is 4.62. The lowest BCUT2D eigenvalue weighted by atomic mass is 10.1. The van der Waals surface area contributed by atoms with Gasteiger partial charge in [-0.3, -0.25) is 4.79 Å². The van der Waals surface area contributed by atoms with E-state index in [0.29, 0.717) is 16.8 Å². The second-order valence-corrected chi connectivity index (χ2v) is 9.14. The molecule has 1 aromatic heterocycles. The lowest BCUT2D eigenvalue weighted by molar-refractivity contribution is 0.102. The maximum Gasteiger partial charge on any atom is 0.256 e. The van der Waals surface area contributed by atoms with E-state index >= 15 is 0 Å². The molecule has 8 heteroatoms. The van der Waals surface area contributed by atoms with Crippen LogP contribution in [0.15, 0.2) is 41.4 Å². The third-order valence-corrected chi connectivity index (χ3v) is 6.62. The molecule has 1 saturated carbocycles. The molecule has 2 heterocycles. The third kappa shape index (κ3) is 4.18. The van der Waals surface area contributed by atoms with Gasteiger partial charge in [0.15, 0.2) is 0 Å². The summed E-state index contributed by atoms with van der Waals surface area (Å²) in [4.78, 5) is 19.5. The van der Waals surface area contributed by atoms with Gasteiger partial charge in [0, 0.05) is 24.7 Å². The predicted octanol–water partition coefficient (Wildman–Crippen LogP) is 2.68. The highest BCUT2D eigenvalue weighted by molar-refractivity contribution is 7.89. The Morgan fingerprint density at radius 2 is 1.89 bits per heavy atom. The Hall–Kier alpha value is -2.45. The number of carbonyl (C=O) groups is 1. The molecule has 1 saturated heterocycles. The molecule has 4 rings (SSSR count). The predicted molar refractivity (Wildman–Crippen MR) is 108 cm³/mol. The lowest BCUT2D eigenvalue weighted by Crippen LogP contribution is -2.26. The molecule has 2 N–H and O–H groups in total. The standard InChI is InChI=1S/C20H24N4O3S/c1-14-4-8-17(28(26,27)23-15-5-6-15)12-18(14)20(25)22-16-7-9-19(21-13-16)24-10-2-3-11-24/h4,7-9,12-13,15,23H,2-3,5-6,10-11H2,1H3,(H,22,25). The Morgan fingerprint density at radius 3 is 2.54 bits per heavy atom. The van der Waals surface area contributed by atoms with Crippen molar-refractivity contribution < 1.29 is 13.2 Å². The molecular weight excluding hydrogens is 376 g/mol. The monoisotopic (exact) mass is 400 g/mol. The van der Waals surface area contributed by atoms with Crippen LogP contribution in [0, 0.1) is 6.92 Å². The van der Waals surface area contributed by atoms with E-state index in [1.54, 1.807) is 19.2 Å². The molecule has 1 amide bonds. The number of rotatable bonds is 6. The summed E-state index contributed by atoms with van der Waals surface area (Å²) in [5.74, 6) is 0.558. The Bertz CT molecular complexity index is 979. The van der Waals surface area contributed by atoms with Crippen LogP contribution in [0.25, 0.3) is 0 Å². The summed E-state index contributed by atoms with van der Waals surface area (Å²) >= 11 is 0. The van der Waals surface area contributed by atoms with Crippen molar-refractivity contribution in [2.45, 2.75) is 43.5 Å². The molecule has 0 unspecified atom stereocenters. The lowest BCUT2D eigenvalue weighted by Gasteiger charge is -2.16. The number of sulfonamides is 1. The average Bonchev–Trinajstić information content (AvgIpc) is 3.30. The number of pyridine rings is 1. The van der Waals surface area contributed by atoms with Crippen LogP contribution in [0.1, 0.15) is 41.6 Å². The fourth-order valence-electron chi connectivity index (χ4n) is 3.29. The number of hydrogen-bond acceptors (Lipinski definition) is 5. The van der Waals surface area contributed by atoms with Crippen molar-refractivity contribution in [3.63, 3.8) is 0 Å². The van der Waals surface area contributed by atoms with E-state index in [2.05, 4.69) is 19.9 Å². The van der Waals surface area contributed by atoms with Gasteiger partial charge in [0.2, 0.25) is 10.0 Å². The van der Waals surface area contributed by atoms with Crippen molar-refractivity contribution in [1.82, 2.24) is 9.71 Å². The summed E-state index contributed by atoms with van der Waals surface area (Å²) in [6, 6.07) is 8.36. The SMILES string of the molecule is Cc1ccc(S(=O)(=O)NC2CC2)cc1C(=O)Nc1ccc(N2CCCC2)nc1. The first-order valence-electron chi connectivity index (χ1n) is 9.58. The molecule has 2 fully saturated rings. The third-order valence-electron chi connectivity index (χ3n) is 5.10. The number of benzene rings is 1. The highest BCUT2D eigenvalue weighted by atomic mass is 32.2. The van der Waals surface area contributed by atoms with Gasteiger partial charge in [-0.15, -0.1) is 0 Å². The highest BCUT2D eigenvalue weighted by Gasteiger charge is 2.28. The molecule has 0 spiro atoms. The van der Waals surface area contributed by atoms with Gasteiger partial charge < -0.3 is 10.2 Å². The summed E-state index contributed by atoms with van der Waals surface area (Å²) < 4.78 is 27.5. The van der Waals surface area contributed by atoms with E-state index in [1.165, 1.54) is 25.0 Å². The Kier molecular flexibility index (Phi) is 5.07. The number of nitrogens with one attached hydrogen (secondary N) is 2. The van der Waals surface area contributed by atoms with Crippen LogP contribution in [-0.2, 0) is 10.0 Å². The van der Waals surface area contributed by atoms with Crippen LogP contribution in [0.3, 0.4) is 0 Å². The highest BCUT2D eigenvalue weighted by Crippen LogP contribution is 2.24. The van der Waals surface area contributed by atoms with Crippen molar-refractivity contribution in [1.29, 1.82) is 0 Å². The van der Waals surface area contributed by atoms with Gasteiger partial charge in [-0.05, 0) is 62.4 Å². The van der Waals surface area contributed by atoms with Gasteiger partial charge in [-0.25, -0.2) is 18.1 Å². The first-order chi connectivity index (χ1) is 13.4. The quantitative estimate of drug-likeness (QED) is 0.778. The average molecular weight is 401 g/mol. The number of hydrogen-bond donors (Lipinski definition) is 2. The molecule has 0 radical (unpaired) electrons. The number of amides is 1. The van der Waals surface area contributed by atoms with Crippen LogP contribution < -0.4 is 14.9 Å². The van der Waals surface area contributed by atoms with Crippen LogP contribution >= 0.6 is 0 Å². The zero-order valence-corrected chi connectivity index (χ0v) is 16.6. The summed E-state index contributed by atoms with van der Waals surface area (Å²) in [5.41, 5.74) is 1.63. The molecule has 0 bridgehead atoms. The minimum absolute atomic E-state index is 0.0174. The number of carbonyl (C=O) groups excluding carboxylic acids is 1. The van der Waals surface area contributed by atoms with Gasteiger partial charge in [0.25, 0.3) is 5.91 Å². The van der Waals surface area contributed by atoms with Gasteiger partial charge in [0.1, 0.15) is 5.82 Å². The first kappa shape index (κ1) is 18.9. The zero-order valence-electron chi connectivity index (χ0n) is 15.8. The topological polar surface area (TPSA) is 91.4 Å². The van der Waals surface area contributed by atoms with Crippen LogP contribution in [0.2, 0.25) is 0 Å². The molecular formula is C20H24N4O3S. The molecule has 2 aromatic rings. The molecule has 0 atom stereocenters. The second kappa shape index (κ2) is 7.52. The van der Waals surface area contributed by atoms with E-state index in [1.807, 2.05) is 12.1 Å². The summed E-state index contributed by atoms with van der Waals surface area (Å²) in [5, 5.41) is 2.81. The smallest absolute Gasteiger partial charge is 0.256 e. The van der Waals surface area contributed by atoms with Crippen LogP contribution in [0.5, 0.6) is 0 Å². The summed E-state index contributed by atoms with van der Waals surface area (Å²) in [6.07, 6.45) is 5.70. The van der Waals surface area contributed by atoms with Gasteiger partial charge >= 0.3 is 0 Å². The number of anilines is 2. The molecule has 1 aliphatic heterocycles. The minimum atomic E-state index is -3.61. The van der Waals surface area contributed by atoms with Gasteiger partial charge in [-0.2, -0.15) is 0 Å². The number of aryl methyl sites for hydroxylation is 1. The Morgan fingerprint density at radius 1 is 1.14 bits per heavy atom.